The van der Waals surface area contributed by atoms with E-state index in [1.807, 2.05) is 0 Å². The van der Waals surface area contributed by atoms with Crippen LogP contribution >= 0.6 is 0 Å². The molecule has 0 radical (unpaired) electrons. The van der Waals surface area contributed by atoms with Crippen LogP contribution in [0.3, 0.4) is 0 Å². The smallest absolute Gasteiger partial charge is 0.0614 e. The quantitative estimate of drug-likeness (QED) is 0.365. The van der Waals surface area contributed by atoms with Crippen molar-refractivity contribution in [3.63, 3.8) is 0 Å². The molecule has 0 bridgehead atoms. The van der Waals surface area contributed by atoms with Crippen LogP contribution in [-0.2, 0) is 13.1 Å². The fraction of sp³-hybridized carbons (Fsp3) is 0.103. The lowest BCUT2D eigenvalue weighted by Crippen LogP contribution is -2.33. The van der Waals surface area contributed by atoms with Crippen molar-refractivity contribution in [2.45, 2.75) is 19.1 Å². The van der Waals surface area contributed by atoms with Crippen molar-refractivity contribution >= 4 is 11.6 Å². The Morgan fingerprint density at radius 3 is 2.00 bits per heavy atom. The second-order valence-electron chi connectivity index (χ2n) is 7.87. The maximum Gasteiger partial charge on any atom is 0.0614 e. The summed E-state index contributed by atoms with van der Waals surface area (Å²) in [5, 5.41) is 0. The average molecular weight is 388 g/mol. The third-order valence-corrected chi connectivity index (χ3v) is 5.83. The number of hydrogen-bond donors (Lipinski definition) is 0. The van der Waals surface area contributed by atoms with Crippen LogP contribution in [0.4, 0.5) is 0 Å². The Hall–Kier alpha value is -3.42. The summed E-state index contributed by atoms with van der Waals surface area (Å²) in [7, 11) is 0. The second-order valence-corrected chi connectivity index (χ2v) is 7.87. The molecule has 30 heavy (non-hydrogen) atoms. The molecule has 5 rings (SSSR count). The van der Waals surface area contributed by atoms with E-state index in [0.29, 0.717) is 0 Å². The van der Waals surface area contributed by atoms with E-state index in [0.717, 1.165) is 13.1 Å². The Morgan fingerprint density at radius 2 is 1.27 bits per heavy atom. The molecule has 1 atom stereocenters. The normalized spacial score (nSPS) is 17.6. The first-order valence-electron chi connectivity index (χ1n) is 10.6. The van der Waals surface area contributed by atoms with E-state index in [9.17, 15) is 0 Å². The zero-order valence-electron chi connectivity index (χ0n) is 17.0. The van der Waals surface area contributed by atoms with E-state index in [2.05, 4.69) is 126 Å². The van der Waals surface area contributed by atoms with Crippen LogP contribution in [0.15, 0.2) is 115 Å². The first-order chi connectivity index (χ1) is 14.9. The van der Waals surface area contributed by atoms with Gasteiger partial charge in [-0.05, 0) is 39.5 Å². The highest BCUT2D eigenvalue weighted by Crippen LogP contribution is 2.43. The van der Waals surface area contributed by atoms with Crippen molar-refractivity contribution in [3.05, 3.63) is 143 Å². The minimum atomic E-state index is 0.210. The van der Waals surface area contributed by atoms with Gasteiger partial charge in [0.1, 0.15) is 0 Å². The fourth-order valence-corrected chi connectivity index (χ4v) is 4.47. The summed E-state index contributed by atoms with van der Waals surface area (Å²) in [6, 6.07) is 41.5. The monoisotopic (exact) mass is 387 g/mol. The van der Waals surface area contributed by atoms with Crippen LogP contribution in [0, 0.1) is 0 Å². The molecule has 4 aromatic rings. The lowest BCUT2D eigenvalue weighted by molar-refractivity contribution is 0.211. The highest BCUT2D eigenvalue weighted by molar-refractivity contribution is 5.87. The van der Waals surface area contributed by atoms with Crippen LogP contribution in [0.5, 0.6) is 0 Å². The largest absolute Gasteiger partial charge is 0.284 e. The molecule has 0 aliphatic carbocycles. The highest BCUT2D eigenvalue weighted by atomic mass is 15.2. The standard InChI is InChI=1S/C29H25N/c1-4-12-23(13-5-1)20-28-27-19-11-10-18-26(27)22-30(21-24-14-6-2-7-15-24)29(28)25-16-8-3-9-17-25/h1-20,29H,21-22H2/b28-20+. The Bertz CT molecular complexity index is 1130. The van der Waals surface area contributed by atoms with Gasteiger partial charge in [-0.1, -0.05) is 115 Å². The molecule has 146 valence electrons. The molecule has 1 nitrogen and oxygen atoms in total. The van der Waals surface area contributed by atoms with E-state index in [1.54, 1.807) is 0 Å². The molecule has 1 unspecified atom stereocenters. The zero-order chi connectivity index (χ0) is 20.2. The molecular formula is C29H25N. The SMILES string of the molecule is C(=C1/c2ccccc2CN(Cc2ccccc2)C1c1ccccc1)/c1ccccc1. The van der Waals surface area contributed by atoms with Crippen LogP contribution in [0.2, 0.25) is 0 Å². The van der Waals surface area contributed by atoms with Gasteiger partial charge in [0, 0.05) is 13.1 Å². The van der Waals surface area contributed by atoms with Crippen molar-refractivity contribution in [2.24, 2.45) is 0 Å². The number of rotatable bonds is 4. The lowest BCUT2D eigenvalue weighted by Gasteiger charge is -2.39. The average Bonchev–Trinajstić information content (AvgIpc) is 2.81. The molecule has 0 N–H and O–H groups in total. The van der Waals surface area contributed by atoms with E-state index >= 15 is 0 Å². The van der Waals surface area contributed by atoms with Crippen molar-refractivity contribution in [3.8, 4) is 0 Å². The second kappa shape index (κ2) is 8.52. The molecular weight excluding hydrogens is 362 g/mol. The molecule has 0 spiro atoms. The number of benzene rings is 4. The van der Waals surface area contributed by atoms with Gasteiger partial charge in [0.15, 0.2) is 0 Å². The van der Waals surface area contributed by atoms with Crippen LogP contribution < -0.4 is 0 Å². The molecule has 4 aromatic carbocycles. The third-order valence-electron chi connectivity index (χ3n) is 5.83. The number of nitrogens with zero attached hydrogens (tertiary/aromatic N) is 1. The van der Waals surface area contributed by atoms with Crippen LogP contribution in [-0.4, -0.2) is 4.90 Å². The van der Waals surface area contributed by atoms with Gasteiger partial charge in [-0.25, -0.2) is 0 Å². The van der Waals surface area contributed by atoms with Gasteiger partial charge in [0.25, 0.3) is 0 Å². The Morgan fingerprint density at radius 1 is 0.667 bits per heavy atom. The maximum absolute atomic E-state index is 2.60. The summed E-state index contributed by atoms with van der Waals surface area (Å²) < 4.78 is 0. The predicted molar refractivity (Wildman–Crippen MR) is 126 cm³/mol. The van der Waals surface area contributed by atoms with Gasteiger partial charge in [-0.3, -0.25) is 4.90 Å². The van der Waals surface area contributed by atoms with Crippen LogP contribution in [0.1, 0.15) is 33.9 Å². The summed E-state index contributed by atoms with van der Waals surface area (Å²) in [4.78, 5) is 2.60. The van der Waals surface area contributed by atoms with Gasteiger partial charge in [0.2, 0.25) is 0 Å². The highest BCUT2D eigenvalue weighted by Gasteiger charge is 2.31. The van der Waals surface area contributed by atoms with Crippen molar-refractivity contribution in [1.82, 2.24) is 4.90 Å². The Labute approximate surface area is 178 Å². The lowest BCUT2D eigenvalue weighted by atomic mass is 9.83. The molecule has 0 amide bonds. The fourth-order valence-electron chi connectivity index (χ4n) is 4.47. The molecule has 0 fully saturated rings. The van der Waals surface area contributed by atoms with Crippen molar-refractivity contribution < 1.29 is 0 Å². The minimum absolute atomic E-state index is 0.210. The number of hydrogen-bond acceptors (Lipinski definition) is 1. The molecule has 0 saturated heterocycles. The van der Waals surface area contributed by atoms with Gasteiger partial charge < -0.3 is 0 Å². The molecule has 0 saturated carbocycles. The van der Waals surface area contributed by atoms with Gasteiger partial charge in [-0.2, -0.15) is 0 Å². The van der Waals surface area contributed by atoms with Gasteiger partial charge in [0.05, 0.1) is 6.04 Å². The van der Waals surface area contributed by atoms with E-state index in [1.165, 1.54) is 33.4 Å². The maximum atomic E-state index is 2.60. The molecule has 0 aromatic heterocycles. The van der Waals surface area contributed by atoms with E-state index in [4.69, 9.17) is 0 Å². The topological polar surface area (TPSA) is 3.24 Å². The summed E-state index contributed by atoms with van der Waals surface area (Å²) >= 11 is 0. The van der Waals surface area contributed by atoms with Gasteiger partial charge in [-0.15, -0.1) is 0 Å². The van der Waals surface area contributed by atoms with E-state index in [-0.39, 0.29) is 6.04 Å². The first kappa shape index (κ1) is 18.6. The van der Waals surface area contributed by atoms with Gasteiger partial charge >= 0.3 is 0 Å². The predicted octanol–water partition coefficient (Wildman–Crippen LogP) is 6.98. The molecule has 1 aliphatic heterocycles. The van der Waals surface area contributed by atoms with Crippen molar-refractivity contribution in [2.75, 3.05) is 0 Å². The number of fused-ring (bicyclic) bond motifs is 1. The summed E-state index contributed by atoms with van der Waals surface area (Å²) in [6.45, 7) is 1.86. The summed E-state index contributed by atoms with van der Waals surface area (Å²) in [5.41, 5.74) is 8.04. The first-order valence-corrected chi connectivity index (χ1v) is 10.6. The van der Waals surface area contributed by atoms with Crippen LogP contribution in [0.25, 0.3) is 11.6 Å². The Balaban J connectivity index is 1.67. The summed E-state index contributed by atoms with van der Waals surface area (Å²) in [5.74, 6) is 0. The molecule has 1 heteroatoms. The molecule has 1 heterocycles. The minimum Gasteiger partial charge on any atom is -0.284 e. The van der Waals surface area contributed by atoms with Crippen molar-refractivity contribution in [1.29, 1.82) is 0 Å². The summed E-state index contributed by atoms with van der Waals surface area (Å²) in [6.07, 6.45) is 2.37. The van der Waals surface area contributed by atoms with E-state index < -0.39 is 0 Å². The third kappa shape index (κ3) is 3.85. The Kier molecular flexibility index (Phi) is 5.28. The molecule has 1 aliphatic rings. The zero-order valence-corrected chi connectivity index (χ0v) is 17.0.